The van der Waals surface area contributed by atoms with E-state index in [1.54, 1.807) is 7.11 Å². The third kappa shape index (κ3) is 6.10. The van der Waals surface area contributed by atoms with E-state index in [0.717, 1.165) is 32.2 Å². The van der Waals surface area contributed by atoms with Crippen molar-refractivity contribution in [2.24, 2.45) is 0 Å². The fourth-order valence-corrected chi connectivity index (χ4v) is 3.35. The minimum atomic E-state index is -3.38. The molecule has 0 aliphatic heterocycles. The lowest BCUT2D eigenvalue weighted by atomic mass is 9.92. The fraction of sp³-hybridized carbons (Fsp3) is 1.00. The van der Waals surface area contributed by atoms with Gasteiger partial charge < -0.3 is 10.1 Å². The Bertz CT molecular complexity index is 313. The molecule has 1 aliphatic carbocycles. The molecule has 1 aliphatic rings. The van der Waals surface area contributed by atoms with Crippen LogP contribution in [0.1, 0.15) is 32.6 Å². The number of ether oxygens (including phenoxy) is 1. The number of nitrogens with one attached hydrogen (secondary N) is 3. The number of rotatable bonds is 8. The van der Waals surface area contributed by atoms with Crippen LogP contribution < -0.4 is 14.8 Å². The summed E-state index contributed by atoms with van der Waals surface area (Å²) in [4.78, 5) is 0. The van der Waals surface area contributed by atoms with Gasteiger partial charge in [0.1, 0.15) is 0 Å². The molecule has 0 radical (unpaired) electrons. The number of hydrogen-bond acceptors (Lipinski definition) is 4. The Labute approximate surface area is 110 Å². The molecule has 1 saturated carbocycles. The first-order chi connectivity index (χ1) is 8.57. The Kier molecular flexibility index (Phi) is 7.10. The smallest absolute Gasteiger partial charge is 0.277 e. The first-order valence-electron chi connectivity index (χ1n) is 6.56. The molecule has 6 nitrogen and oxygen atoms in total. The van der Waals surface area contributed by atoms with E-state index in [4.69, 9.17) is 4.74 Å². The zero-order chi connectivity index (χ0) is 13.4. The second-order valence-corrected chi connectivity index (χ2v) is 6.15. The Balaban J connectivity index is 2.27. The Morgan fingerprint density at radius 1 is 1.17 bits per heavy atom. The van der Waals surface area contributed by atoms with E-state index in [1.807, 2.05) is 0 Å². The lowest BCUT2D eigenvalue weighted by Gasteiger charge is -2.29. The third-order valence-corrected chi connectivity index (χ3v) is 4.37. The first kappa shape index (κ1) is 15.8. The Hall–Kier alpha value is -0.210. The second kappa shape index (κ2) is 8.06. The fourth-order valence-electron chi connectivity index (χ4n) is 2.24. The van der Waals surface area contributed by atoms with Crippen LogP contribution in [0.15, 0.2) is 0 Å². The van der Waals surface area contributed by atoms with Crippen LogP contribution in [0.3, 0.4) is 0 Å². The molecule has 0 amide bonds. The molecule has 0 aromatic heterocycles. The van der Waals surface area contributed by atoms with Crippen molar-refractivity contribution < 1.29 is 13.2 Å². The maximum atomic E-state index is 11.7. The normalized spacial score (nSPS) is 25.2. The summed E-state index contributed by atoms with van der Waals surface area (Å²) in [6.07, 6.45) is 3.84. The van der Waals surface area contributed by atoms with Crippen molar-refractivity contribution in [1.82, 2.24) is 14.8 Å². The SMILES string of the molecule is CCNC1CCC(NS(=O)(=O)NCCOC)CC1. The third-order valence-electron chi connectivity index (χ3n) is 3.14. The highest BCUT2D eigenvalue weighted by atomic mass is 32.2. The van der Waals surface area contributed by atoms with Crippen molar-refractivity contribution in [3.05, 3.63) is 0 Å². The zero-order valence-corrected chi connectivity index (χ0v) is 12.1. The van der Waals surface area contributed by atoms with Gasteiger partial charge in [0.05, 0.1) is 6.61 Å². The van der Waals surface area contributed by atoms with Crippen LogP contribution in [0.2, 0.25) is 0 Å². The van der Waals surface area contributed by atoms with Crippen molar-refractivity contribution in [3.63, 3.8) is 0 Å². The second-order valence-electron chi connectivity index (χ2n) is 4.61. The molecule has 0 atom stereocenters. The summed E-state index contributed by atoms with van der Waals surface area (Å²) in [5.74, 6) is 0. The van der Waals surface area contributed by atoms with Gasteiger partial charge in [-0.3, -0.25) is 0 Å². The van der Waals surface area contributed by atoms with Crippen LogP contribution in [0.25, 0.3) is 0 Å². The molecule has 0 aromatic rings. The number of hydrogen-bond donors (Lipinski definition) is 3. The van der Waals surface area contributed by atoms with Gasteiger partial charge in [0.2, 0.25) is 0 Å². The van der Waals surface area contributed by atoms with Gasteiger partial charge in [-0.25, -0.2) is 0 Å². The van der Waals surface area contributed by atoms with E-state index >= 15 is 0 Å². The molecule has 7 heteroatoms. The van der Waals surface area contributed by atoms with Gasteiger partial charge in [0, 0.05) is 25.7 Å². The molecule has 1 fully saturated rings. The summed E-state index contributed by atoms with van der Waals surface area (Å²) >= 11 is 0. The van der Waals surface area contributed by atoms with Crippen molar-refractivity contribution in [2.75, 3.05) is 26.8 Å². The lowest BCUT2D eigenvalue weighted by Crippen LogP contribution is -2.46. The zero-order valence-electron chi connectivity index (χ0n) is 11.2. The Morgan fingerprint density at radius 3 is 2.33 bits per heavy atom. The van der Waals surface area contributed by atoms with Gasteiger partial charge in [0.15, 0.2) is 0 Å². The highest BCUT2D eigenvalue weighted by Gasteiger charge is 2.23. The van der Waals surface area contributed by atoms with Gasteiger partial charge in [-0.2, -0.15) is 17.9 Å². The van der Waals surface area contributed by atoms with Crippen LogP contribution in [-0.2, 0) is 14.9 Å². The molecule has 108 valence electrons. The van der Waals surface area contributed by atoms with Crippen LogP contribution >= 0.6 is 0 Å². The molecule has 18 heavy (non-hydrogen) atoms. The summed E-state index contributed by atoms with van der Waals surface area (Å²) in [7, 11) is -1.84. The van der Waals surface area contributed by atoms with Crippen molar-refractivity contribution >= 4 is 10.2 Å². The average molecular weight is 279 g/mol. The van der Waals surface area contributed by atoms with Gasteiger partial charge in [-0.1, -0.05) is 6.92 Å². The lowest BCUT2D eigenvalue weighted by molar-refractivity contribution is 0.204. The van der Waals surface area contributed by atoms with Crippen molar-refractivity contribution in [3.8, 4) is 0 Å². The standard InChI is InChI=1S/C11H25N3O3S/c1-3-12-10-4-6-11(7-5-10)14-18(15,16)13-8-9-17-2/h10-14H,3-9H2,1-2H3. The van der Waals surface area contributed by atoms with Crippen molar-refractivity contribution in [2.45, 2.75) is 44.7 Å². The summed E-state index contributed by atoms with van der Waals surface area (Å²) < 4.78 is 33.3. The van der Waals surface area contributed by atoms with E-state index in [9.17, 15) is 8.42 Å². The summed E-state index contributed by atoms with van der Waals surface area (Å²) in [6, 6.07) is 0.595. The van der Waals surface area contributed by atoms with E-state index in [0.29, 0.717) is 19.2 Å². The van der Waals surface area contributed by atoms with Gasteiger partial charge >= 0.3 is 0 Å². The molecular weight excluding hydrogens is 254 g/mol. The van der Waals surface area contributed by atoms with Crippen LogP contribution in [0.4, 0.5) is 0 Å². The predicted molar refractivity (Wildman–Crippen MR) is 71.7 cm³/mol. The summed E-state index contributed by atoms with van der Waals surface area (Å²) in [5, 5.41) is 3.40. The maximum Gasteiger partial charge on any atom is 0.277 e. The van der Waals surface area contributed by atoms with Gasteiger partial charge in [-0.15, -0.1) is 0 Å². The first-order valence-corrected chi connectivity index (χ1v) is 8.05. The molecule has 0 unspecified atom stereocenters. The van der Waals surface area contributed by atoms with E-state index in [1.165, 1.54) is 0 Å². The van der Waals surface area contributed by atoms with Crippen LogP contribution in [0, 0.1) is 0 Å². The van der Waals surface area contributed by atoms with E-state index < -0.39 is 10.2 Å². The largest absolute Gasteiger partial charge is 0.383 e. The number of methoxy groups -OCH3 is 1. The maximum absolute atomic E-state index is 11.7. The summed E-state index contributed by atoms with van der Waals surface area (Å²) in [5.41, 5.74) is 0. The molecule has 0 aromatic carbocycles. The van der Waals surface area contributed by atoms with E-state index in [-0.39, 0.29) is 6.04 Å². The van der Waals surface area contributed by atoms with Crippen LogP contribution in [0.5, 0.6) is 0 Å². The minimum absolute atomic E-state index is 0.0555. The highest BCUT2D eigenvalue weighted by molar-refractivity contribution is 7.87. The average Bonchev–Trinajstić information content (AvgIpc) is 2.32. The monoisotopic (exact) mass is 279 g/mol. The Morgan fingerprint density at radius 2 is 1.78 bits per heavy atom. The summed E-state index contributed by atoms with van der Waals surface area (Å²) in [6.45, 7) is 3.75. The van der Waals surface area contributed by atoms with E-state index in [2.05, 4.69) is 21.7 Å². The predicted octanol–water partition coefficient (Wildman–Crippen LogP) is -0.0225. The molecule has 0 heterocycles. The molecule has 0 bridgehead atoms. The minimum Gasteiger partial charge on any atom is -0.383 e. The van der Waals surface area contributed by atoms with Crippen LogP contribution in [-0.4, -0.2) is 47.3 Å². The van der Waals surface area contributed by atoms with Crippen molar-refractivity contribution in [1.29, 1.82) is 0 Å². The topological polar surface area (TPSA) is 79.5 Å². The molecule has 0 saturated heterocycles. The molecule has 0 spiro atoms. The van der Waals surface area contributed by atoms with Gasteiger partial charge in [0.25, 0.3) is 10.2 Å². The highest BCUT2D eigenvalue weighted by Crippen LogP contribution is 2.18. The molecule has 1 rings (SSSR count). The quantitative estimate of drug-likeness (QED) is 0.546. The molecular formula is C11H25N3O3S. The van der Waals surface area contributed by atoms with Gasteiger partial charge in [-0.05, 0) is 32.2 Å². The molecule has 3 N–H and O–H groups in total.